The Kier molecular flexibility index (Phi) is 17.9. The summed E-state index contributed by atoms with van der Waals surface area (Å²) in [6.45, 7) is 0. The van der Waals surface area contributed by atoms with Crippen LogP contribution in [-0.4, -0.2) is 32.0 Å². The molecule has 1 fully saturated rings. The molecular weight excluding hydrogens is 400 g/mol. The highest BCUT2D eigenvalue weighted by Gasteiger charge is 2.45. The van der Waals surface area contributed by atoms with Crippen molar-refractivity contribution in [3.63, 3.8) is 0 Å². The molecule has 192 valence electrons. The summed E-state index contributed by atoms with van der Waals surface area (Å²) in [7, 11) is 0. The van der Waals surface area contributed by atoms with E-state index in [9.17, 15) is 20.4 Å². The molecule has 1 rings (SSSR count). The summed E-state index contributed by atoms with van der Waals surface area (Å²) in [6, 6.07) is 0. The van der Waals surface area contributed by atoms with Crippen molar-refractivity contribution in [2.45, 2.75) is 179 Å². The van der Waals surface area contributed by atoms with E-state index in [1.54, 1.807) is 0 Å². The molecule has 0 aromatic rings. The minimum absolute atomic E-state index is 0.0278. The minimum Gasteiger partial charge on any atom is -0.361 e. The van der Waals surface area contributed by atoms with Gasteiger partial charge >= 0.3 is 0 Å². The van der Waals surface area contributed by atoms with Crippen LogP contribution in [0.1, 0.15) is 167 Å². The Morgan fingerprint density at radius 3 is 0.500 bits per heavy atom. The Labute approximate surface area is 199 Å². The van der Waals surface area contributed by atoms with Gasteiger partial charge in [0.2, 0.25) is 11.6 Å². The molecular formula is C28H56O4. The zero-order valence-corrected chi connectivity index (χ0v) is 21.2. The molecule has 4 nitrogen and oxygen atoms in total. The van der Waals surface area contributed by atoms with Gasteiger partial charge in [0.05, 0.1) is 0 Å². The molecule has 0 radical (unpaired) electrons. The molecule has 0 aliphatic heterocycles. The number of rotatable bonds is 0. The van der Waals surface area contributed by atoms with Crippen LogP contribution in [0.15, 0.2) is 0 Å². The maximum atomic E-state index is 10.2. The molecule has 4 N–H and O–H groups in total. The SMILES string of the molecule is OC1(O)CCCCCCCCCCCCCCCCCCCCCCCCCCC1(O)O. The van der Waals surface area contributed by atoms with Gasteiger partial charge in [-0.3, -0.25) is 0 Å². The molecule has 0 aromatic carbocycles. The first-order valence-electron chi connectivity index (χ1n) is 14.4. The molecule has 0 bridgehead atoms. The van der Waals surface area contributed by atoms with Gasteiger partial charge in [-0.25, -0.2) is 0 Å². The van der Waals surface area contributed by atoms with E-state index in [4.69, 9.17) is 0 Å². The predicted octanol–water partition coefficient (Wildman–Crippen LogP) is 7.50. The first kappa shape index (κ1) is 29.9. The Morgan fingerprint density at radius 1 is 0.219 bits per heavy atom. The Hall–Kier alpha value is -0.160. The van der Waals surface area contributed by atoms with Crippen molar-refractivity contribution in [2.75, 3.05) is 0 Å². The molecule has 0 unspecified atom stereocenters. The van der Waals surface area contributed by atoms with Crippen LogP contribution in [0.25, 0.3) is 0 Å². The van der Waals surface area contributed by atoms with Crippen LogP contribution in [-0.2, 0) is 0 Å². The average Bonchev–Trinajstić information content (AvgIpc) is 2.75. The highest BCUT2D eigenvalue weighted by molar-refractivity contribution is 4.82. The molecule has 0 amide bonds. The summed E-state index contributed by atoms with van der Waals surface area (Å²) in [4.78, 5) is 0. The third kappa shape index (κ3) is 15.6. The highest BCUT2D eigenvalue weighted by Crippen LogP contribution is 2.29. The van der Waals surface area contributed by atoms with Crippen LogP contribution >= 0.6 is 0 Å². The topological polar surface area (TPSA) is 80.9 Å². The van der Waals surface area contributed by atoms with Crippen molar-refractivity contribution in [1.82, 2.24) is 0 Å². The van der Waals surface area contributed by atoms with Gasteiger partial charge in [-0.05, 0) is 12.8 Å². The second-order valence-electron chi connectivity index (χ2n) is 10.6. The quantitative estimate of drug-likeness (QED) is 0.284. The van der Waals surface area contributed by atoms with Gasteiger partial charge in [-0.15, -0.1) is 0 Å². The summed E-state index contributed by atoms with van der Waals surface area (Å²) < 4.78 is 0. The normalized spacial score (nSPS) is 25.9. The molecule has 0 aromatic heterocycles. The van der Waals surface area contributed by atoms with E-state index in [1.807, 2.05) is 0 Å². The maximum Gasteiger partial charge on any atom is 0.218 e. The molecule has 0 spiro atoms. The van der Waals surface area contributed by atoms with E-state index in [-0.39, 0.29) is 12.8 Å². The standard InChI is InChI=1S/C28H56O4/c29-27(30)25-23-21-19-17-15-13-11-9-7-5-3-1-2-4-6-8-10-12-14-16-18-20-22-24-26-28(27,31)32/h29-32H,1-26H2. The van der Waals surface area contributed by atoms with Crippen molar-refractivity contribution >= 4 is 0 Å². The van der Waals surface area contributed by atoms with E-state index in [1.165, 1.54) is 116 Å². The Morgan fingerprint density at radius 2 is 0.344 bits per heavy atom. The summed E-state index contributed by atoms with van der Waals surface area (Å²) in [5.74, 6) is -4.81. The van der Waals surface area contributed by atoms with Gasteiger partial charge in [0.25, 0.3) is 0 Å². The fourth-order valence-electron chi connectivity index (χ4n) is 5.03. The van der Waals surface area contributed by atoms with Gasteiger partial charge in [0.15, 0.2) is 0 Å². The first-order valence-corrected chi connectivity index (χ1v) is 14.4. The highest BCUT2D eigenvalue weighted by atomic mass is 16.6. The smallest absolute Gasteiger partial charge is 0.218 e. The van der Waals surface area contributed by atoms with Crippen LogP contribution in [0.5, 0.6) is 0 Å². The van der Waals surface area contributed by atoms with E-state index < -0.39 is 11.6 Å². The molecule has 1 aliphatic carbocycles. The van der Waals surface area contributed by atoms with Gasteiger partial charge in [0, 0.05) is 12.8 Å². The van der Waals surface area contributed by atoms with Crippen LogP contribution < -0.4 is 0 Å². The fourth-order valence-corrected chi connectivity index (χ4v) is 5.03. The first-order chi connectivity index (χ1) is 15.5. The van der Waals surface area contributed by atoms with E-state index in [2.05, 4.69) is 0 Å². The van der Waals surface area contributed by atoms with Crippen molar-refractivity contribution < 1.29 is 20.4 Å². The Balaban J connectivity index is 2.27. The second-order valence-corrected chi connectivity index (χ2v) is 10.6. The van der Waals surface area contributed by atoms with E-state index in [0.29, 0.717) is 12.8 Å². The van der Waals surface area contributed by atoms with Crippen molar-refractivity contribution in [3.05, 3.63) is 0 Å². The van der Waals surface area contributed by atoms with Crippen molar-refractivity contribution in [3.8, 4) is 0 Å². The number of hydrogen-bond acceptors (Lipinski definition) is 4. The lowest BCUT2D eigenvalue weighted by molar-refractivity contribution is -0.361. The molecule has 4 heteroatoms. The maximum absolute atomic E-state index is 10.2. The summed E-state index contributed by atoms with van der Waals surface area (Å²) >= 11 is 0. The number of hydrogen-bond donors (Lipinski definition) is 4. The van der Waals surface area contributed by atoms with Crippen LogP contribution in [0.2, 0.25) is 0 Å². The molecule has 0 heterocycles. The lowest BCUT2D eigenvalue weighted by Gasteiger charge is -2.35. The van der Waals surface area contributed by atoms with Crippen molar-refractivity contribution in [1.29, 1.82) is 0 Å². The van der Waals surface area contributed by atoms with Crippen molar-refractivity contribution in [2.24, 2.45) is 0 Å². The summed E-state index contributed by atoms with van der Waals surface area (Å²) in [6.07, 6.45) is 29.5. The molecule has 0 saturated heterocycles. The third-order valence-corrected chi connectivity index (χ3v) is 7.44. The molecule has 1 saturated carbocycles. The fraction of sp³-hybridized carbons (Fsp3) is 1.00. The van der Waals surface area contributed by atoms with Gasteiger partial charge < -0.3 is 20.4 Å². The third-order valence-electron chi connectivity index (χ3n) is 7.44. The summed E-state index contributed by atoms with van der Waals surface area (Å²) in [5.41, 5.74) is 0. The zero-order chi connectivity index (χ0) is 23.4. The van der Waals surface area contributed by atoms with Gasteiger partial charge in [-0.2, -0.15) is 0 Å². The minimum atomic E-state index is -2.41. The predicted molar refractivity (Wildman–Crippen MR) is 134 cm³/mol. The van der Waals surface area contributed by atoms with Gasteiger partial charge in [-0.1, -0.05) is 141 Å². The van der Waals surface area contributed by atoms with E-state index in [0.717, 1.165) is 25.7 Å². The lowest BCUT2D eigenvalue weighted by atomic mass is 9.93. The lowest BCUT2D eigenvalue weighted by Crippen LogP contribution is -2.54. The second kappa shape index (κ2) is 19.2. The largest absolute Gasteiger partial charge is 0.361 e. The molecule has 32 heavy (non-hydrogen) atoms. The van der Waals surface area contributed by atoms with Crippen LogP contribution in [0.3, 0.4) is 0 Å². The zero-order valence-electron chi connectivity index (χ0n) is 21.2. The van der Waals surface area contributed by atoms with Gasteiger partial charge in [0.1, 0.15) is 0 Å². The van der Waals surface area contributed by atoms with E-state index >= 15 is 0 Å². The molecule has 1 aliphatic rings. The number of aliphatic hydroxyl groups is 4. The molecule has 0 atom stereocenters. The summed E-state index contributed by atoms with van der Waals surface area (Å²) in [5, 5.41) is 40.8. The Bertz CT molecular complexity index is 370. The average molecular weight is 457 g/mol. The van der Waals surface area contributed by atoms with Crippen LogP contribution in [0, 0.1) is 0 Å². The monoisotopic (exact) mass is 456 g/mol. The van der Waals surface area contributed by atoms with Crippen LogP contribution in [0.4, 0.5) is 0 Å².